The molecule has 0 saturated heterocycles. The molecule has 1 aromatic rings. The molecule has 0 radical (unpaired) electrons. The average Bonchev–Trinajstić information content (AvgIpc) is 2.37. The van der Waals surface area contributed by atoms with Crippen LogP contribution in [0.3, 0.4) is 0 Å². The number of para-hydroxylation sites is 1. The highest BCUT2D eigenvalue weighted by atomic mass is 32.2. The van der Waals surface area contributed by atoms with E-state index in [0.29, 0.717) is 12.3 Å². The molecule has 0 aromatic heterocycles. The summed E-state index contributed by atoms with van der Waals surface area (Å²) in [4.78, 5) is 11.9. The summed E-state index contributed by atoms with van der Waals surface area (Å²) in [5.41, 5.74) is 2.30. The van der Waals surface area contributed by atoms with Crippen LogP contribution < -0.4 is 10.6 Å². The normalized spacial score (nSPS) is 19.5. The Balaban J connectivity index is 1.88. The molecule has 2 atom stereocenters. The van der Waals surface area contributed by atoms with Crippen LogP contribution in [0.25, 0.3) is 0 Å². The van der Waals surface area contributed by atoms with Gasteiger partial charge in [-0.2, -0.15) is 0 Å². The second kappa shape index (κ2) is 6.00. The van der Waals surface area contributed by atoms with Crippen molar-refractivity contribution in [3.05, 3.63) is 29.8 Å². The fourth-order valence-electron chi connectivity index (χ4n) is 2.08. The summed E-state index contributed by atoms with van der Waals surface area (Å²) in [6.07, 6.45) is 3.36. The predicted octanol–water partition coefficient (Wildman–Crippen LogP) is 0.908. The lowest BCUT2D eigenvalue weighted by atomic mass is 9.98. The average molecular weight is 266 g/mol. The van der Waals surface area contributed by atoms with Crippen LogP contribution in [0.2, 0.25) is 0 Å². The van der Waals surface area contributed by atoms with Crippen LogP contribution in [0.15, 0.2) is 24.3 Å². The standard InChI is InChI=1S/C13H18N2O2S/c1-18(17)9-8-14-13(16)12-7-6-10-4-2-3-5-11(10)15-12/h2-5,12,15H,6-9H2,1H3,(H,14,16). The number of carbonyl (C=O) groups excluding carboxylic acids is 1. The first-order valence-electron chi connectivity index (χ1n) is 6.09. The Morgan fingerprint density at radius 3 is 3.06 bits per heavy atom. The number of aryl methyl sites for hydroxylation is 1. The fraction of sp³-hybridized carbons (Fsp3) is 0.462. The Kier molecular flexibility index (Phi) is 4.36. The van der Waals surface area contributed by atoms with Gasteiger partial charge in [0.15, 0.2) is 0 Å². The molecule has 18 heavy (non-hydrogen) atoms. The van der Waals surface area contributed by atoms with Crippen LogP contribution in [0.5, 0.6) is 0 Å². The van der Waals surface area contributed by atoms with E-state index in [1.807, 2.05) is 18.2 Å². The van der Waals surface area contributed by atoms with Gasteiger partial charge < -0.3 is 10.6 Å². The minimum absolute atomic E-state index is 0.00467. The van der Waals surface area contributed by atoms with Crippen molar-refractivity contribution in [2.24, 2.45) is 0 Å². The van der Waals surface area contributed by atoms with Gasteiger partial charge in [0.2, 0.25) is 5.91 Å². The first-order chi connectivity index (χ1) is 8.66. The van der Waals surface area contributed by atoms with E-state index < -0.39 is 10.8 Å². The SMILES string of the molecule is CS(=O)CCNC(=O)C1CCc2ccccc2N1. The third kappa shape index (κ3) is 3.32. The van der Waals surface area contributed by atoms with Crippen molar-refractivity contribution in [2.45, 2.75) is 18.9 Å². The zero-order valence-electron chi connectivity index (χ0n) is 10.4. The Morgan fingerprint density at radius 2 is 2.28 bits per heavy atom. The largest absolute Gasteiger partial charge is 0.373 e. The molecule has 1 aromatic carbocycles. The van der Waals surface area contributed by atoms with Crippen LogP contribution in [0, 0.1) is 0 Å². The van der Waals surface area contributed by atoms with E-state index in [9.17, 15) is 9.00 Å². The molecular weight excluding hydrogens is 248 g/mol. The van der Waals surface area contributed by atoms with Crippen molar-refractivity contribution >= 4 is 22.4 Å². The molecule has 98 valence electrons. The summed E-state index contributed by atoms with van der Waals surface area (Å²) in [5, 5.41) is 6.07. The lowest BCUT2D eigenvalue weighted by Gasteiger charge is -2.26. The molecule has 0 saturated carbocycles. The maximum Gasteiger partial charge on any atom is 0.242 e. The third-order valence-corrected chi connectivity index (χ3v) is 3.83. The smallest absolute Gasteiger partial charge is 0.242 e. The summed E-state index contributed by atoms with van der Waals surface area (Å²) in [6, 6.07) is 7.88. The van der Waals surface area contributed by atoms with E-state index in [0.717, 1.165) is 18.5 Å². The summed E-state index contributed by atoms with van der Waals surface area (Å²) in [6.45, 7) is 0.474. The monoisotopic (exact) mass is 266 g/mol. The van der Waals surface area contributed by atoms with Crippen molar-refractivity contribution in [1.29, 1.82) is 0 Å². The molecule has 1 aliphatic rings. The topological polar surface area (TPSA) is 58.2 Å². The van der Waals surface area contributed by atoms with E-state index in [4.69, 9.17) is 0 Å². The number of fused-ring (bicyclic) bond motifs is 1. The number of anilines is 1. The van der Waals surface area contributed by atoms with Crippen molar-refractivity contribution in [3.63, 3.8) is 0 Å². The fourth-order valence-corrected chi connectivity index (χ4v) is 2.47. The van der Waals surface area contributed by atoms with Crippen LogP contribution in [-0.2, 0) is 22.0 Å². The van der Waals surface area contributed by atoms with Crippen LogP contribution in [0.4, 0.5) is 5.69 Å². The van der Waals surface area contributed by atoms with Gasteiger partial charge in [-0.3, -0.25) is 9.00 Å². The van der Waals surface area contributed by atoms with Gasteiger partial charge >= 0.3 is 0 Å². The van der Waals surface area contributed by atoms with Crippen LogP contribution >= 0.6 is 0 Å². The molecule has 0 bridgehead atoms. The van der Waals surface area contributed by atoms with Crippen LogP contribution in [0.1, 0.15) is 12.0 Å². The van der Waals surface area contributed by atoms with Crippen molar-refractivity contribution in [1.82, 2.24) is 5.32 Å². The number of rotatable bonds is 4. The van der Waals surface area contributed by atoms with Gasteiger partial charge in [0.1, 0.15) is 6.04 Å². The predicted molar refractivity (Wildman–Crippen MR) is 74.1 cm³/mol. The molecule has 1 amide bonds. The lowest BCUT2D eigenvalue weighted by molar-refractivity contribution is -0.121. The van der Waals surface area contributed by atoms with Gasteiger partial charge in [-0.05, 0) is 24.5 Å². The lowest BCUT2D eigenvalue weighted by Crippen LogP contribution is -2.42. The molecule has 5 heteroatoms. The van der Waals surface area contributed by atoms with Crippen molar-refractivity contribution < 1.29 is 9.00 Å². The third-order valence-electron chi connectivity index (χ3n) is 3.05. The first-order valence-corrected chi connectivity index (χ1v) is 7.81. The summed E-state index contributed by atoms with van der Waals surface area (Å²) in [7, 11) is -0.858. The quantitative estimate of drug-likeness (QED) is 0.851. The Morgan fingerprint density at radius 1 is 1.50 bits per heavy atom. The van der Waals surface area contributed by atoms with Crippen molar-refractivity contribution in [2.75, 3.05) is 23.9 Å². The zero-order chi connectivity index (χ0) is 13.0. The molecule has 0 aliphatic carbocycles. The molecule has 0 fully saturated rings. The highest BCUT2D eigenvalue weighted by Crippen LogP contribution is 2.24. The second-order valence-corrected chi connectivity index (χ2v) is 6.02. The molecular formula is C13H18N2O2S. The minimum atomic E-state index is -0.858. The minimum Gasteiger partial charge on any atom is -0.373 e. The van der Waals surface area contributed by atoms with Gasteiger partial charge in [0.25, 0.3) is 0 Å². The number of amides is 1. The summed E-state index contributed by atoms with van der Waals surface area (Å²) in [5.74, 6) is 0.504. The Labute approximate surface area is 110 Å². The molecule has 2 unspecified atom stereocenters. The molecule has 4 nitrogen and oxygen atoms in total. The van der Waals surface area contributed by atoms with E-state index >= 15 is 0 Å². The zero-order valence-corrected chi connectivity index (χ0v) is 11.3. The first kappa shape index (κ1) is 13.1. The van der Waals surface area contributed by atoms with E-state index in [1.54, 1.807) is 6.26 Å². The summed E-state index contributed by atoms with van der Waals surface area (Å²) >= 11 is 0. The van der Waals surface area contributed by atoms with E-state index in [2.05, 4.69) is 16.7 Å². The van der Waals surface area contributed by atoms with E-state index in [1.165, 1.54) is 5.56 Å². The van der Waals surface area contributed by atoms with Gasteiger partial charge in [0, 0.05) is 35.0 Å². The molecule has 1 heterocycles. The Hall–Kier alpha value is -1.36. The van der Waals surface area contributed by atoms with Crippen LogP contribution in [-0.4, -0.2) is 34.7 Å². The number of hydrogen-bond acceptors (Lipinski definition) is 3. The number of hydrogen-bond donors (Lipinski definition) is 2. The highest BCUT2D eigenvalue weighted by molar-refractivity contribution is 7.84. The van der Waals surface area contributed by atoms with Gasteiger partial charge in [-0.1, -0.05) is 18.2 Å². The number of nitrogens with one attached hydrogen (secondary N) is 2. The highest BCUT2D eigenvalue weighted by Gasteiger charge is 2.23. The molecule has 1 aliphatic heterocycles. The van der Waals surface area contributed by atoms with Gasteiger partial charge in [-0.25, -0.2) is 0 Å². The second-order valence-electron chi connectivity index (χ2n) is 4.46. The van der Waals surface area contributed by atoms with Gasteiger partial charge in [-0.15, -0.1) is 0 Å². The van der Waals surface area contributed by atoms with E-state index in [-0.39, 0.29) is 11.9 Å². The Bertz CT molecular complexity index is 462. The number of benzene rings is 1. The summed E-state index contributed by atoms with van der Waals surface area (Å²) < 4.78 is 10.9. The molecule has 2 N–H and O–H groups in total. The molecule has 2 rings (SSSR count). The van der Waals surface area contributed by atoms with Crippen molar-refractivity contribution in [3.8, 4) is 0 Å². The number of carbonyl (C=O) groups is 1. The maximum atomic E-state index is 11.9. The maximum absolute atomic E-state index is 11.9. The molecule has 0 spiro atoms. The van der Waals surface area contributed by atoms with Gasteiger partial charge in [0.05, 0.1) is 0 Å².